The minimum atomic E-state index is 0.166. The highest BCUT2D eigenvalue weighted by Gasteiger charge is 2.21. The standard InChI is InChI=1S/C13H16BrNO/c1-10-3-2-8-15(9-10)13(16)11-4-6-12(14)7-5-11/h4-7,10H,2-3,8-9H2,1H3/t10-/m1/s1. The molecule has 0 aromatic heterocycles. The SMILES string of the molecule is C[C@@H]1CCCN(C(=O)c2ccc(Br)cc2)C1. The molecule has 1 amide bonds. The maximum Gasteiger partial charge on any atom is 0.253 e. The lowest BCUT2D eigenvalue weighted by Crippen LogP contribution is -2.39. The summed E-state index contributed by atoms with van der Waals surface area (Å²) in [4.78, 5) is 14.1. The van der Waals surface area contributed by atoms with Gasteiger partial charge in [-0.2, -0.15) is 0 Å². The Kier molecular flexibility index (Phi) is 3.64. The number of amides is 1. The van der Waals surface area contributed by atoms with E-state index in [1.165, 1.54) is 6.42 Å². The molecule has 86 valence electrons. The Morgan fingerprint density at radius 2 is 2.06 bits per heavy atom. The van der Waals surface area contributed by atoms with Crippen LogP contribution in [0, 0.1) is 5.92 Å². The molecule has 0 N–H and O–H groups in total. The average molecular weight is 282 g/mol. The molecule has 1 atom stereocenters. The van der Waals surface area contributed by atoms with Gasteiger partial charge in [0.1, 0.15) is 0 Å². The van der Waals surface area contributed by atoms with Crippen LogP contribution in [0.1, 0.15) is 30.1 Å². The molecular weight excluding hydrogens is 266 g/mol. The normalized spacial score (nSPS) is 20.9. The van der Waals surface area contributed by atoms with Gasteiger partial charge in [0.15, 0.2) is 0 Å². The lowest BCUT2D eigenvalue weighted by molar-refractivity contribution is 0.0683. The highest BCUT2D eigenvalue weighted by atomic mass is 79.9. The lowest BCUT2D eigenvalue weighted by Gasteiger charge is -2.31. The smallest absolute Gasteiger partial charge is 0.253 e. The van der Waals surface area contributed by atoms with Crippen molar-refractivity contribution in [2.24, 2.45) is 5.92 Å². The van der Waals surface area contributed by atoms with Gasteiger partial charge in [-0.3, -0.25) is 4.79 Å². The fraction of sp³-hybridized carbons (Fsp3) is 0.462. The third-order valence-electron chi connectivity index (χ3n) is 3.04. The van der Waals surface area contributed by atoms with Gasteiger partial charge < -0.3 is 4.90 Å². The molecule has 1 aliphatic heterocycles. The molecule has 2 nitrogen and oxygen atoms in total. The molecule has 0 saturated carbocycles. The molecule has 2 rings (SSSR count). The van der Waals surface area contributed by atoms with Crippen LogP contribution in [-0.4, -0.2) is 23.9 Å². The number of halogens is 1. The third kappa shape index (κ3) is 2.64. The zero-order chi connectivity index (χ0) is 11.5. The quantitative estimate of drug-likeness (QED) is 0.773. The molecule has 0 bridgehead atoms. The van der Waals surface area contributed by atoms with Crippen molar-refractivity contribution in [2.45, 2.75) is 19.8 Å². The van der Waals surface area contributed by atoms with E-state index in [2.05, 4.69) is 22.9 Å². The van der Waals surface area contributed by atoms with Gasteiger partial charge in [0.25, 0.3) is 5.91 Å². The lowest BCUT2D eigenvalue weighted by atomic mass is 9.99. The molecule has 0 spiro atoms. The first kappa shape index (κ1) is 11.6. The summed E-state index contributed by atoms with van der Waals surface area (Å²) in [5.41, 5.74) is 0.789. The molecule has 0 aliphatic carbocycles. The first-order chi connectivity index (χ1) is 7.66. The molecule has 0 unspecified atom stereocenters. The first-order valence-electron chi connectivity index (χ1n) is 5.71. The number of carbonyl (C=O) groups excluding carboxylic acids is 1. The monoisotopic (exact) mass is 281 g/mol. The van der Waals surface area contributed by atoms with Gasteiger partial charge >= 0.3 is 0 Å². The predicted molar refractivity (Wildman–Crippen MR) is 68.4 cm³/mol. The number of likely N-dealkylation sites (tertiary alicyclic amines) is 1. The summed E-state index contributed by atoms with van der Waals surface area (Å²) in [7, 11) is 0. The van der Waals surface area contributed by atoms with E-state index in [-0.39, 0.29) is 5.91 Å². The molecule has 0 radical (unpaired) electrons. The zero-order valence-corrected chi connectivity index (χ0v) is 11.0. The van der Waals surface area contributed by atoms with Gasteiger partial charge in [-0.25, -0.2) is 0 Å². The van der Waals surface area contributed by atoms with Crippen molar-refractivity contribution in [1.82, 2.24) is 4.90 Å². The first-order valence-corrected chi connectivity index (χ1v) is 6.51. The summed E-state index contributed by atoms with van der Waals surface area (Å²) in [5, 5.41) is 0. The van der Waals surface area contributed by atoms with Crippen LogP contribution in [0.5, 0.6) is 0 Å². The van der Waals surface area contributed by atoms with Gasteiger partial charge in [-0.05, 0) is 43.0 Å². The molecule has 1 aromatic rings. The van der Waals surface area contributed by atoms with E-state index in [0.717, 1.165) is 29.5 Å². The number of carbonyl (C=O) groups is 1. The van der Waals surface area contributed by atoms with Crippen molar-refractivity contribution in [3.63, 3.8) is 0 Å². The summed E-state index contributed by atoms with van der Waals surface area (Å²) < 4.78 is 1.01. The maximum absolute atomic E-state index is 12.2. The topological polar surface area (TPSA) is 20.3 Å². The molecule has 1 fully saturated rings. The van der Waals surface area contributed by atoms with Crippen LogP contribution in [-0.2, 0) is 0 Å². The van der Waals surface area contributed by atoms with Crippen molar-refractivity contribution < 1.29 is 4.79 Å². The minimum Gasteiger partial charge on any atom is -0.338 e. The highest BCUT2D eigenvalue weighted by molar-refractivity contribution is 9.10. The van der Waals surface area contributed by atoms with E-state index in [9.17, 15) is 4.79 Å². The van der Waals surface area contributed by atoms with Crippen molar-refractivity contribution in [3.8, 4) is 0 Å². The molecule has 1 heterocycles. The Bertz CT molecular complexity index is 374. The van der Waals surface area contributed by atoms with E-state index < -0.39 is 0 Å². The van der Waals surface area contributed by atoms with Gasteiger partial charge in [-0.15, -0.1) is 0 Å². The summed E-state index contributed by atoms with van der Waals surface area (Å²) in [5.74, 6) is 0.798. The van der Waals surface area contributed by atoms with E-state index in [4.69, 9.17) is 0 Å². The number of rotatable bonds is 1. The van der Waals surface area contributed by atoms with Crippen LogP contribution >= 0.6 is 15.9 Å². The number of hydrogen-bond donors (Lipinski definition) is 0. The summed E-state index contributed by atoms with van der Waals surface area (Å²) in [6.07, 6.45) is 2.37. The molecule has 1 saturated heterocycles. The van der Waals surface area contributed by atoms with Gasteiger partial charge in [0.2, 0.25) is 0 Å². The molecule has 1 aromatic carbocycles. The fourth-order valence-electron chi connectivity index (χ4n) is 2.15. The van der Waals surface area contributed by atoms with Crippen LogP contribution in [0.3, 0.4) is 0 Å². The Morgan fingerprint density at radius 3 is 2.69 bits per heavy atom. The summed E-state index contributed by atoms with van der Waals surface area (Å²) in [6, 6.07) is 7.60. The van der Waals surface area contributed by atoms with Gasteiger partial charge in [0.05, 0.1) is 0 Å². The van der Waals surface area contributed by atoms with Gasteiger partial charge in [0, 0.05) is 23.1 Å². The Hall–Kier alpha value is -0.830. The van der Waals surface area contributed by atoms with Crippen molar-refractivity contribution in [2.75, 3.05) is 13.1 Å². The van der Waals surface area contributed by atoms with Gasteiger partial charge in [-0.1, -0.05) is 22.9 Å². The Morgan fingerprint density at radius 1 is 1.38 bits per heavy atom. The number of nitrogens with zero attached hydrogens (tertiary/aromatic N) is 1. The van der Waals surface area contributed by atoms with E-state index in [1.54, 1.807) is 0 Å². The van der Waals surface area contributed by atoms with Crippen molar-refractivity contribution in [3.05, 3.63) is 34.3 Å². The largest absolute Gasteiger partial charge is 0.338 e. The van der Waals surface area contributed by atoms with Crippen LogP contribution in [0.25, 0.3) is 0 Å². The van der Waals surface area contributed by atoms with E-state index in [0.29, 0.717) is 5.92 Å². The van der Waals surface area contributed by atoms with Crippen LogP contribution in [0.15, 0.2) is 28.7 Å². The highest BCUT2D eigenvalue weighted by Crippen LogP contribution is 2.18. The Balaban J connectivity index is 2.09. The third-order valence-corrected chi connectivity index (χ3v) is 3.56. The second-order valence-electron chi connectivity index (χ2n) is 4.51. The number of benzene rings is 1. The average Bonchev–Trinajstić information content (AvgIpc) is 2.29. The minimum absolute atomic E-state index is 0.166. The van der Waals surface area contributed by atoms with Crippen LogP contribution < -0.4 is 0 Å². The Labute approximate surface area is 105 Å². The molecule has 16 heavy (non-hydrogen) atoms. The zero-order valence-electron chi connectivity index (χ0n) is 9.45. The summed E-state index contributed by atoms with van der Waals surface area (Å²) >= 11 is 3.38. The second-order valence-corrected chi connectivity index (χ2v) is 5.42. The van der Waals surface area contributed by atoms with Crippen molar-refractivity contribution >= 4 is 21.8 Å². The predicted octanol–water partition coefficient (Wildman–Crippen LogP) is 3.32. The summed E-state index contributed by atoms with van der Waals surface area (Å²) in [6.45, 7) is 4.01. The number of piperidine rings is 1. The number of hydrogen-bond acceptors (Lipinski definition) is 1. The maximum atomic E-state index is 12.2. The van der Waals surface area contributed by atoms with E-state index >= 15 is 0 Å². The van der Waals surface area contributed by atoms with E-state index in [1.807, 2.05) is 29.2 Å². The molecule has 1 aliphatic rings. The molecule has 3 heteroatoms. The van der Waals surface area contributed by atoms with Crippen molar-refractivity contribution in [1.29, 1.82) is 0 Å². The molecular formula is C13H16BrNO. The van der Waals surface area contributed by atoms with Crippen LogP contribution in [0.4, 0.5) is 0 Å². The fourth-order valence-corrected chi connectivity index (χ4v) is 2.41. The second kappa shape index (κ2) is 5.00. The van der Waals surface area contributed by atoms with Crippen LogP contribution in [0.2, 0.25) is 0 Å².